The van der Waals surface area contributed by atoms with Crippen LogP contribution in [-0.2, 0) is 22.4 Å². The Hall–Kier alpha value is -3.39. The predicted molar refractivity (Wildman–Crippen MR) is 131 cm³/mol. The zero-order valence-corrected chi connectivity index (χ0v) is 19.9. The Bertz CT molecular complexity index is 1180. The van der Waals surface area contributed by atoms with Crippen LogP contribution in [0.5, 0.6) is 11.5 Å². The Balaban J connectivity index is 1.12. The van der Waals surface area contributed by atoms with Crippen LogP contribution in [0.2, 0.25) is 0 Å². The van der Waals surface area contributed by atoms with E-state index in [1.165, 1.54) is 5.56 Å². The summed E-state index contributed by atoms with van der Waals surface area (Å²) in [6, 6.07) is 13.8. The maximum absolute atomic E-state index is 12.8. The normalized spacial score (nSPS) is 15.4. The van der Waals surface area contributed by atoms with Gasteiger partial charge in [-0.1, -0.05) is 31.2 Å². The predicted octanol–water partition coefficient (Wildman–Crippen LogP) is 4.52. The fraction of sp³-hybridized carbons (Fsp3) is 0.346. The molecule has 1 N–H and O–H groups in total. The monoisotopic (exact) mass is 477 g/mol. The second-order valence-corrected chi connectivity index (χ2v) is 9.44. The molecule has 3 heterocycles. The Kier molecular flexibility index (Phi) is 6.49. The fourth-order valence-electron chi connectivity index (χ4n) is 4.28. The highest BCUT2D eigenvalue weighted by Gasteiger charge is 2.28. The number of nitrogens with one attached hydrogen (secondary N) is 1. The number of aromatic nitrogens is 1. The third-order valence-corrected chi connectivity index (χ3v) is 7.29. The summed E-state index contributed by atoms with van der Waals surface area (Å²) in [7, 11) is 0. The number of aryl methyl sites for hydroxylation is 1. The largest absolute Gasteiger partial charge is 0.454 e. The van der Waals surface area contributed by atoms with Gasteiger partial charge in [0.1, 0.15) is 5.01 Å². The van der Waals surface area contributed by atoms with Gasteiger partial charge >= 0.3 is 0 Å². The highest BCUT2D eigenvalue weighted by molar-refractivity contribution is 7.13. The molecule has 0 aliphatic carbocycles. The van der Waals surface area contributed by atoms with Crippen molar-refractivity contribution in [3.8, 4) is 22.1 Å². The molecule has 1 fully saturated rings. The minimum Gasteiger partial charge on any atom is -0.454 e. The molecular formula is C26H27N3O4S. The quantitative estimate of drug-likeness (QED) is 0.565. The van der Waals surface area contributed by atoms with Gasteiger partial charge in [-0.05, 0) is 37.0 Å². The first-order chi connectivity index (χ1) is 16.6. The van der Waals surface area contributed by atoms with Crippen molar-refractivity contribution in [2.45, 2.75) is 32.6 Å². The smallest absolute Gasteiger partial charge is 0.231 e. The summed E-state index contributed by atoms with van der Waals surface area (Å²) in [4.78, 5) is 32.1. The Morgan fingerprint density at radius 3 is 2.62 bits per heavy atom. The number of nitrogens with zero attached hydrogens (tertiary/aromatic N) is 2. The molecule has 2 aliphatic rings. The van der Waals surface area contributed by atoms with Crippen LogP contribution in [0.15, 0.2) is 47.8 Å². The number of hydrogen-bond acceptors (Lipinski definition) is 6. The molecular weight excluding hydrogens is 450 g/mol. The van der Waals surface area contributed by atoms with Crippen LogP contribution < -0.4 is 14.8 Å². The first kappa shape index (κ1) is 22.4. The van der Waals surface area contributed by atoms with E-state index >= 15 is 0 Å². The molecule has 0 atom stereocenters. The summed E-state index contributed by atoms with van der Waals surface area (Å²) in [5, 5.41) is 5.86. The lowest BCUT2D eigenvalue weighted by Crippen LogP contribution is -2.42. The molecule has 7 nitrogen and oxygen atoms in total. The molecule has 5 rings (SSSR count). The highest BCUT2D eigenvalue weighted by atomic mass is 32.1. The van der Waals surface area contributed by atoms with Gasteiger partial charge in [-0.2, -0.15) is 0 Å². The molecule has 0 unspecified atom stereocenters. The fourth-order valence-corrected chi connectivity index (χ4v) is 5.11. The summed E-state index contributed by atoms with van der Waals surface area (Å²) < 4.78 is 10.7. The molecule has 1 saturated heterocycles. The van der Waals surface area contributed by atoms with E-state index in [9.17, 15) is 9.59 Å². The lowest BCUT2D eigenvalue weighted by atomic mass is 9.95. The molecule has 2 aliphatic heterocycles. The standard InChI is InChI=1S/C26H27N3O4S/c1-2-17-3-5-19(6-4-17)26-28-21(15-34-26)14-24(30)29-11-9-18(10-12-29)25(31)27-20-7-8-22-23(13-20)33-16-32-22/h3-8,13,15,18H,2,9-12,14,16H2,1H3,(H,27,31). The van der Waals surface area contributed by atoms with Gasteiger partial charge < -0.3 is 19.7 Å². The second kappa shape index (κ2) is 9.85. The van der Waals surface area contributed by atoms with Crippen molar-refractivity contribution in [2.24, 2.45) is 5.92 Å². The molecule has 34 heavy (non-hydrogen) atoms. The Morgan fingerprint density at radius 1 is 1.09 bits per heavy atom. The van der Waals surface area contributed by atoms with Gasteiger partial charge in [-0.25, -0.2) is 4.98 Å². The van der Waals surface area contributed by atoms with Crippen molar-refractivity contribution < 1.29 is 19.1 Å². The molecule has 8 heteroatoms. The average molecular weight is 478 g/mol. The van der Waals surface area contributed by atoms with E-state index in [1.54, 1.807) is 23.5 Å². The zero-order chi connectivity index (χ0) is 23.5. The lowest BCUT2D eigenvalue weighted by molar-refractivity contribution is -0.133. The number of carbonyl (C=O) groups excluding carboxylic acids is 2. The van der Waals surface area contributed by atoms with Crippen molar-refractivity contribution in [1.82, 2.24) is 9.88 Å². The Morgan fingerprint density at radius 2 is 1.85 bits per heavy atom. The van der Waals surface area contributed by atoms with Crippen molar-refractivity contribution >= 4 is 28.8 Å². The van der Waals surface area contributed by atoms with Crippen LogP contribution in [0.3, 0.4) is 0 Å². The van der Waals surface area contributed by atoms with Gasteiger partial charge in [0.2, 0.25) is 18.6 Å². The molecule has 2 aromatic carbocycles. The number of likely N-dealkylation sites (tertiary alicyclic amines) is 1. The minimum absolute atomic E-state index is 0.0239. The van der Waals surface area contributed by atoms with Gasteiger partial charge in [0, 0.05) is 41.7 Å². The lowest BCUT2D eigenvalue weighted by Gasteiger charge is -2.31. The number of ether oxygens (including phenoxy) is 2. The molecule has 3 aromatic rings. The van der Waals surface area contributed by atoms with E-state index in [0.717, 1.165) is 22.7 Å². The number of fused-ring (bicyclic) bond motifs is 1. The number of benzene rings is 2. The summed E-state index contributed by atoms with van der Waals surface area (Å²) in [6.45, 7) is 3.49. The zero-order valence-electron chi connectivity index (χ0n) is 19.1. The third-order valence-electron chi connectivity index (χ3n) is 6.35. The first-order valence-corrected chi connectivity index (χ1v) is 12.5. The topological polar surface area (TPSA) is 80.8 Å². The third kappa shape index (κ3) is 4.92. The number of thiazole rings is 1. The molecule has 1 aromatic heterocycles. The van der Waals surface area contributed by atoms with Crippen molar-refractivity contribution in [3.63, 3.8) is 0 Å². The van der Waals surface area contributed by atoms with Crippen LogP contribution in [0, 0.1) is 5.92 Å². The average Bonchev–Trinajstić information content (AvgIpc) is 3.53. The van der Waals surface area contributed by atoms with Crippen molar-refractivity contribution in [3.05, 3.63) is 59.1 Å². The van der Waals surface area contributed by atoms with E-state index in [-0.39, 0.29) is 30.9 Å². The van der Waals surface area contributed by atoms with Crippen LogP contribution >= 0.6 is 11.3 Å². The summed E-state index contributed by atoms with van der Waals surface area (Å²) >= 11 is 1.57. The summed E-state index contributed by atoms with van der Waals surface area (Å²) in [5.41, 5.74) is 3.86. The van der Waals surface area contributed by atoms with Crippen LogP contribution in [-0.4, -0.2) is 41.6 Å². The van der Waals surface area contributed by atoms with Crippen molar-refractivity contribution in [1.29, 1.82) is 0 Å². The highest BCUT2D eigenvalue weighted by Crippen LogP contribution is 2.34. The number of amides is 2. The van der Waals surface area contributed by atoms with Crippen LogP contribution in [0.25, 0.3) is 10.6 Å². The van der Waals surface area contributed by atoms with E-state index in [4.69, 9.17) is 9.47 Å². The molecule has 0 radical (unpaired) electrons. The van der Waals surface area contributed by atoms with E-state index < -0.39 is 0 Å². The first-order valence-electron chi connectivity index (χ1n) is 11.6. The second-order valence-electron chi connectivity index (χ2n) is 8.58. The molecule has 0 bridgehead atoms. The maximum Gasteiger partial charge on any atom is 0.231 e. The number of rotatable bonds is 6. The number of hydrogen-bond donors (Lipinski definition) is 1. The van der Waals surface area contributed by atoms with Gasteiger partial charge in [0.15, 0.2) is 11.5 Å². The van der Waals surface area contributed by atoms with Gasteiger partial charge in [-0.3, -0.25) is 9.59 Å². The number of carbonyl (C=O) groups is 2. The minimum atomic E-state index is -0.119. The number of piperidine rings is 1. The van der Waals surface area contributed by atoms with Crippen molar-refractivity contribution in [2.75, 3.05) is 25.2 Å². The molecule has 0 saturated carbocycles. The summed E-state index contributed by atoms with van der Waals surface area (Å²) in [5.74, 6) is 1.25. The maximum atomic E-state index is 12.8. The van der Waals surface area contributed by atoms with E-state index in [0.29, 0.717) is 43.1 Å². The van der Waals surface area contributed by atoms with E-state index in [1.807, 2.05) is 16.3 Å². The van der Waals surface area contributed by atoms with Gasteiger partial charge in [-0.15, -0.1) is 11.3 Å². The molecule has 0 spiro atoms. The van der Waals surface area contributed by atoms with Crippen LogP contribution in [0.1, 0.15) is 31.0 Å². The van der Waals surface area contributed by atoms with Crippen LogP contribution in [0.4, 0.5) is 5.69 Å². The SMILES string of the molecule is CCc1ccc(-c2nc(CC(=O)N3CCC(C(=O)Nc4ccc5c(c4)OCO5)CC3)cs2)cc1. The van der Waals surface area contributed by atoms with Gasteiger partial charge in [0.05, 0.1) is 12.1 Å². The van der Waals surface area contributed by atoms with Gasteiger partial charge in [0.25, 0.3) is 0 Å². The Labute approximate surface area is 202 Å². The summed E-state index contributed by atoms with van der Waals surface area (Å²) in [6.07, 6.45) is 2.59. The molecule has 2 amide bonds. The van der Waals surface area contributed by atoms with E-state index in [2.05, 4.69) is 41.5 Å². The molecule has 176 valence electrons. The number of anilines is 1.